The topological polar surface area (TPSA) is 28.7 Å². The highest BCUT2D eigenvalue weighted by Crippen LogP contribution is 2.19. The molecule has 0 bridgehead atoms. The number of hydrogen-bond acceptors (Lipinski definition) is 1. The fourth-order valence-corrected chi connectivity index (χ4v) is 1.40. The molecule has 62 valence electrons. The summed E-state index contributed by atoms with van der Waals surface area (Å²) >= 11 is 3.03. The first-order valence-electron chi connectivity index (χ1n) is 3.17. The van der Waals surface area contributed by atoms with Crippen molar-refractivity contribution in [3.63, 3.8) is 0 Å². The van der Waals surface area contributed by atoms with Crippen molar-refractivity contribution in [1.29, 1.82) is 0 Å². The minimum Gasteiger partial charge on any atom is -0.332 e. The number of fused-ring (bicyclic) bond motifs is 1. The van der Waals surface area contributed by atoms with E-state index in [0.29, 0.717) is 10.3 Å². The fourth-order valence-electron chi connectivity index (χ4n) is 1.01. The normalized spacial score (nSPS) is 10.9. The molecule has 0 saturated carbocycles. The van der Waals surface area contributed by atoms with Gasteiger partial charge in [0.2, 0.25) is 0 Å². The Morgan fingerprint density at radius 1 is 1.33 bits per heavy atom. The minimum absolute atomic E-state index is 0.142. The van der Waals surface area contributed by atoms with E-state index in [1.54, 1.807) is 0 Å². The number of rotatable bonds is 0. The molecule has 2 aromatic rings. The molecule has 0 aliphatic carbocycles. The number of imidazole rings is 1. The lowest BCUT2D eigenvalue weighted by molar-refractivity contribution is 0.590. The van der Waals surface area contributed by atoms with Gasteiger partial charge in [0, 0.05) is 6.07 Å². The first-order valence-corrected chi connectivity index (χ1v) is 3.96. The van der Waals surface area contributed by atoms with Gasteiger partial charge in [0.15, 0.2) is 10.6 Å². The fraction of sp³-hybridized carbons (Fsp3) is 0. The number of H-pyrrole nitrogens is 1. The Morgan fingerprint density at radius 2 is 2.08 bits per heavy atom. The van der Waals surface area contributed by atoms with Crippen LogP contribution in [-0.4, -0.2) is 9.97 Å². The van der Waals surface area contributed by atoms with Gasteiger partial charge in [-0.25, -0.2) is 13.8 Å². The van der Waals surface area contributed by atoms with E-state index < -0.39 is 11.6 Å². The summed E-state index contributed by atoms with van der Waals surface area (Å²) in [5, 5.41) is 0. The number of halogens is 3. The number of nitrogens with one attached hydrogen (secondary N) is 1. The molecule has 1 heterocycles. The molecule has 1 aromatic heterocycles. The van der Waals surface area contributed by atoms with Gasteiger partial charge >= 0.3 is 0 Å². The number of aromatic amines is 1. The highest BCUT2D eigenvalue weighted by atomic mass is 79.9. The van der Waals surface area contributed by atoms with E-state index in [-0.39, 0.29) is 5.52 Å². The van der Waals surface area contributed by atoms with Crippen LogP contribution in [0.15, 0.2) is 16.9 Å². The second kappa shape index (κ2) is 2.52. The quantitative estimate of drug-likeness (QED) is 0.744. The molecule has 0 aliphatic rings. The molecule has 0 saturated heterocycles. The SMILES string of the molecule is Fc1cc(F)c2nc(Br)[nH]c2c1. The highest BCUT2D eigenvalue weighted by molar-refractivity contribution is 9.10. The third-order valence-electron chi connectivity index (χ3n) is 1.48. The Morgan fingerprint density at radius 3 is 2.83 bits per heavy atom. The summed E-state index contributed by atoms with van der Waals surface area (Å²) < 4.78 is 25.9. The molecule has 0 atom stereocenters. The van der Waals surface area contributed by atoms with E-state index in [9.17, 15) is 8.78 Å². The molecule has 2 nitrogen and oxygen atoms in total. The third kappa shape index (κ3) is 1.10. The average Bonchev–Trinajstić information content (AvgIpc) is 2.29. The van der Waals surface area contributed by atoms with Crippen molar-refractivity contribution in [1.82, 2.24) is 9.97 Å². The molecular weight excluding hydrogens is 230 g/mol. The minimum atomic E-state index is -0.660. The van der Waals surface area contributed by atoms with Crippen LogP contribution in [0.1, 0.15) is 0 Å². The first-order chi connectivity index (χ1) is 5.66. The Balaban J connectivity index is 2.88. The van der Waals surface area contributed by atoms with E-state index in [4.69, 9.17) is 0 Å². The highest BCUT2D eigenvalue weighted by Gasteiger charge is 2.07. The molecule has 1 aromatic carbocycles. The van der Waals surface area contributed by atoms with Crippen LogP contribution >= 0.6 is 15.9 Å². The first kappa shape index (κ1) is 7.67. The summed E-state index contributed by atoms with van der Waals surface area (Å²) in [5.74, 6) is -1.27. The lowest BCUT2D eigenvalue weighted by atomic mass is 10.3. The van der Waals surface area contributed by atoms with Crippen molar-refractivity contribution < 1.29 is 8.78 Å². The Bertz CT molecular complexity index is 438. The van der Waals surface area contributed by atoms with Crippen LogP contribution in [0.4, 0.5) is 8.78 Å². The predicted molar refractivity (Wildman–Crippen MR) is 43.7 cm³/mol. The summed E-state index contributed by atoms with van der Waals surface area (Å²) in [6, 6.07) is 1.99. The molecule has 0 fully saturated rings. The van der Waals surface area contributed by atoms with Crippen LogP contribution in [0, 0.1) is 11.6 Å². The van der Waals surface area contributed by atoms with Crippen LogP contribution in [-0.2, 0) is 0 Å². The zero-order valence-corrected chi connectivity index (χ0v) is 7.32. The third-order valence-corrected chi connectivity index (χ3v) is 1.85. The van der Waals surface area contributed by atoms with E-state index >= 15 is 0 Å². The van der Waals surface area contributed by atoms with E-state index in [1.165, 1.54) is 6.07 Å². The van der Waals surface area contributed by atoms with Crippen LogP contribution in [0.3, 0.4) is 0 Å². The Hall–Kier alpha value is -0.970. The Labute approximate surface area is 74.7 Å². The van der Waals surface area contributed by atoms with Gasteiger partial charge in [-0.15, -0.1) is 0 Å². The van der Waals surface area contributed by atoms with Crippen molar-refractivity contribution in [2.75, 3.05) is 0 Å². The molecule has 1 N–H and O–H groups in total. The number of benzene rings is 1. The van der Waals surface area contributed by atoms with Crippen molar-refractivity contribution in [3.8, 4) is 0 Å². The monoisotopic (exact) mass is 232 g/mol. The summed E-state index contributed by atoms with van der Waals surface area (Å²) in [5.41, 5.74) is 0.489. The van der Waals surface area contributed by atoms with Crippen molar-refractivity contribution >= 4 is 27.0 Å². The van der Waals surface area contributed by atoms with Crippen molar-refractivity contribution in [2.24, 2.45) is 0 Å². The van der Waals surface area contributed by atoms with Gasteiger partial charge in [0.1, 0.15) is 11.3 Å². The smallest absolute Gasteiger partial charge is 0.175 e. The maximum Gasteiger partial charge on any atom is 0.175 e. The summed E-state index contributed by atoms with van der Waals surface area (Å²) in [4.78, 5) is 6.44. The van der Waals surface area contributed by atoms with Gasteiger partial charge in [-0.2, -0.15) is 0 Å². The van der Waals surface area contributed by atoms with Crippen LogP contribution in [0.5, 0.6) is 0 Å². The van der Waals surface area contributed by atoms with E-state index in [2.05, 4.69) is 25.9 Å². The summed E-state index contributed by atoms with van der Waals surface area (Å²) in [6.07, 6.45) is 0. The standard InChI is InChI=1S/C7H3BrF2N2/c8-7-11-5-2-3(9)1-4(10)6(5)12-7/h1-2H,(H,11,12). The Kier molecular flexibility index (Phi) is 1.61. The molecule has 2 rings (SSSR count). The van der Waals surface area contributed by atoms with Crippen LogP contribution < -0.4 is 0 Å². The maximum atomic E-state index is 12.9. The molecule has 0 aliphatic heterocycles. The van der Waals surface area contributed by atoms with E-state index in [0.717, 1.165) is 6.07 Å². The molecule has 12 heavy (non-hydrogen) atoms. The molecule has 0 radical (unpaired) electrons. The van der Waals surface area contributed by atoms with Gasteiger partial charge in [-0.1, -0.05) is 0 Å². The zero-order chi connectivity index (χ0) is 8.72. The number of hydrogen-bond donors (Lipinski definition) is 1. The van der Waals surface area contributed by atoms with Crippen molar-refractivity contribution in [2.45, 2.75) is 0 Å². The second-order valence-electron chi connectivity index (χ2n) is 2.31. The number of aromatic nitrogens is 2. The molecule has 0 amide bonds. The average molecular weight is 233 g/mol. The van der Waals surface area contributed by atoms with Gasteiger partial charge in [0.05, 0.1) is 5.52 Å². The van der Waals surface area contributed by atoms with Gasteiger partial charge < -0.3 is 4.98 Å². The molecule has 0 spiro atoms. The lowest BCUT2D eigenvalue weighted by Crippen LogP contribution is -1.81. The zero-order valence-electron chi connectivity index (χ0n) is 5.74. The molecular formula is C7H3BrF2N2. The predicted octanol–water partition coefficient (Wildman–Crippen LogP) is 2.60. The maximum absolute atomic E-state index is 12.9. The van der Waals surface area contributed by atoms with E-state index in [1.807, 2.05) is 0 Å². The van der Waals surface area contributed by atoms with Gasteiger partial charge in [-0.05, 0) is 22.0 Å². The molecule has 0 unspecified atom stereocenters. The number of nitrogens with zero attached hydrogens (tertiary/aromatic N) is 1. The van der Waals surface area contributed by atoms with Crippen LogP contribution in [0.2, 0.25) is 0 Å². The molecule has 5 heteroatoms. The second-order valence-corrected chi connectivity index (χ2v) is 3.06. The van der Waals surface area contributed by atoms with Gasteiger partial charge in [0.25, 0.3) is 0 Å². The summed E-state index contributed by atoms with van der Waals surface area (Å²) in [7, 11) is 0. The summed E-state index contributed by atoms with van der Waals surface area (Å²) in [6.45, 7) is 0. The lowest BCUT2D eigenvalue weighted by Gasteiger charge is -1.90. The largest absolute Gasteiger partial charge is 0.332 e. The van der Waals surface area contributed by atoms with Crippen LogP contribution in [0.25, 0.3) is 11.0 Å². The van der Waals surface area contributed by atoms with Crippen molar-refractivity contribution in [3.05, 3.63) is 28.5 Å². The van der Waals surface area contributed by atoms with Gasteiger partial charge in [-0.3, -0.25) is 0 Å².